The molecule has 3 rings (SSSR count). The molecule has 3 heteroatoms. The molecule has 1 N–H and O–H groups in total. The number of halogens is 2. The minimum atomic E-state index is -0.433. The Morgan fingerprint density at radius 2 is 1.55 bits per heavy atom. The van der Waals surface area contributed by atoms with Crippen molar-refractivity contribution in [2.75, 3.05) is 13.1 Å². The third-order valence-corrected chi connectivity index (χ3v) is 4.08. The van der Waals surface area contributed by atoms with Gasteiger partial charge in [0, 0.05) is 18.0 Å². The molecule has 0 aliphatic carbocycles. The Morgan fingerprint density at radius 1 is 0.850 bits per heavy atom. The lowest BCUT2D eigenvalue weighted by Gasteiger charge is -2.33. The molecule has 0 bridgehead atoms. The van der Waals surface area contributed by atoms with Gasteiger partial charge in [-0.3, -0.25) is 0 Å². The molecule has 2 atom stereocenters. The highest BCUT2D eigenvalue weighted by atomic mass is 19.1. The van der Waals surface area contributed by atoms with E-state index in [1.54, 1.807) is 0 Å². The second kappa shape index (κ2) is 5.71. The topological polar surface area (TPSA) is 12.0 Å². The van der Waals surface area contributed by atoms with E-state index in [0.717, 1.165) is 25.1 Å². The standard InChI is InChI=1S/C17H17F2N/c18-15-7-4-8-16(19)17(15)13-9-10-20-11-14(13)12-5-2-1-3-6-12/h1-8,13-14,20H,9-11H2. The molecule has 1 aliphatic rings. The molecule has 20 heavy (non-hydrogen) atoms. The fourth-order valence-electron chi connectivity index (χ4n) is 3.12. The van der Waals surface area contributed by atoms with Crippen molar-refractivity contribution >= 4 is 0 Å². The fourth-order valence-corrected chi connectivity index (χ4v) is 3.12. The minimum Gasteiger partial charge on any atom is -0.316 e. The Balaban J connectivity index is 2.01. The Bertz CT molecular complexity index is 563. The zero-order valence-corrected chi connectivity index (χ0v) is 11.2. The van der Waals surface area contributed by atoms with Crippen LogP contribution in [-0.2, 0) is 0 Å². The Labute approximate surface area is 117 Å². The van der Waals surface area contributed by atoms with Crippen molar-refractivity contribution in [3.63, 3.8) is 0 Å². The SMILES string of the molecule is Fc1cccc(F)c1C1CCNCC1c1ccccc1. The molecule has 2 unspecified atom stereocenters. The van der Waals surface area contributed by atoms with Crippen molar-refractivity contribution in [1.29, 1.82) is 0 Å². The molecule has 0 amide bonds. The summed E-state index contributed by atoms with van der Waals surface area (Å²) < 4.78 is 28.1. The quantitative estimate of drug-likeness (QED) is 0.877. The Hall–Kier alpha value is -1.74. The summed E-state index contributed by atoms with van der Waals surface area (Å²) in [5, 5.41) is 3.33. The van der Waals surface area contributed by atoms with Crippen LogP contribution in [0.3, 0.4) is 0 Å². The van der Waals surface area contributed by atoms with Gasteiger partial charge in [-0.05, 0) is 36.6 Å². The van der Waals surface area contributed by atoms with Gasteiger partial charge in [-0.1, -0.05) is 36.4 Å². The number of benzene rings is 2. The largest absolute Gasteiger partial charge is 0.316 e. The van der Waals surface area contributed by atoms with Gasteiger partial charge in [0.2, 0.25) is 0 Å². The summed E-state index contributed by atoms with van der Waals surface area (Å²) in [5.41, 5.74) is 1.37. The van der Waals surface area contributed by atoms with Crippen LogP contribution in [-0.4, -0.2) is 13.1 Å². The molecule has 1 aliphatic heterocycles. The van der Waals surface area contributed by atoms with Crippen LogP contribution in [0.2, 0.25) is 0 Å². The maximum atomic E-state index is 14.1. The average molecular weight is 273 g/mol. The van der Waals surface area contributed by atoms with Crippen LogP contribution in [0.5, 0.6) is 0 Å². The molecular weight excluding hydrogens is 256 g/mol. The Morgan fingerprint density at radius 3 is 2.25 bits per heavy atom. The van der Waals surface area contributed by atoms with E-state index in [9.17, 15) is 8.78 Å². The normalized spacial score (nSPS) is 22.7. The molecule has 0 radical (unpaired) electrons. The molecule has 1 nitrogen and oxygen atoms in total. The molecule has 2 aromatic carbocycles. The fraction of sp³-hybridized carbons (Fsp3) is 0.294. The van der Waals surface area contributed by atoms with Crippen LogP contribution >= 0.6 is 0 Å². The summed E-state index contributed by atoms with van der Waals surface area (Å²) >= 11 is 0. The van der Waals surface area contributed by atoms with Crippen molar-refractivity contribution in [3.8, 4) is 0 Å². The van der Waals surface area contributed by atoms with Crippen molar-refractivity contribution in [3.05, 3.63) is 71.3 Å². The van der Waals surface area contributed by atoms with Gasteiger partial charge < -0.3 is 5.32 Å². The van der Waals surface area contributed by atoms with Gasteiger partial charge >= 0.3 is 0 Å². The van der Waals surface area contributed by atoms with E-state index in [0.29, 0.717) is 0 Å². The lowest BCUT2D eigenvalue weighted by molar-refractivity contribution is 0.380. The van der Waals surface area contributed by atoms with Gasteiger partial charge in [-0.15, -0.1) is 0 Å². The van der Waals surface area contributed by atoms with E-state index in [1.165, 1.54) is 18.2 Å². The second-order valence-electron chi connectivity index (χ2n) is 5.25. The highest BCUT2D eigenvalue weighted by Crippen LogP contribution is 2.39. The molecular formula is C17H17F2N. The van der Waals surface area contributed by atoms with Gasteiger partial charge in [0.05, 0.1) is 0 Å². The zero-order valence-electron chi connectivity index (χ0n) is 11.2. The summed E-state index contributed by atoms with van der Waals surface area (Å²) in [7, 11) is 0. The number of rotatable bonds is 2. The number of piperidine rings is 1. The van der Waals surface area contributed by atoms with E-state index >= 15 is 0 Å². The summed E-state index contributed by atoms with van der Waals surface area (Å²) in [6, 6.07) is 14.1. The molecule has 0 spiro atoms. The molecule has 2 aromatic rings. The average Bonchev–Trinajstić information content (AvgIpc) is 2.48. The first-order valence-corrected chi connectivity index (χ1v) is 6.97. The monoisotopic (exact) mass is 273 g/mol. The van der Waals surface area contributed by atoms with E-state index in [4.69, 9.17) is 0 Å². The van der Waals surface area contributed by atoms with Crippen molar-refractivity contribution in [2.45, 2.75) is 18.3 Å². The summed E-state index contributed by atoms with van der Waals surface area (Å²) in [6.45, 7) is 1.55. The van der Waals surface area contributed by atoms with E-state index in [1.807, 2.05) is 30.3 Å². The van der Waals surface area contributed by atoms with Crippen LogP contribution in [0.25, 0.3) is 0 Å². The zero-order chi connectivity index (χ0) is 13.9. The summed E-state index contributed by atoms with van der Waals surface area (Å²) in [4.78, 5) is 0. The summed E-state index contributed by atoms with van der Waals surface area (Å²) in [6.07, 6.45) is 0.747. The van der Waals surface area contributed by atoms with Crippen molar-refractivity contribution < 1.29 is 8.78 Å². The third-order valence-electron chi connectivity index (χ3n) is 4.08. The smallest absolute Gasteiger partial charge is 0.129 e. The molecule has 1 heterocycles. The lowest BCUT2D eigenvalue weighted by Crippen LogP contribution is -2.34. The Kier molecular flexibility index (Phi) is 3.79. The predicted molar refractivity (Wildman–Crippen MR) is 75.8 cm³/mol. The van der Waals surface area contributed by atoms with Gasteiger partial charge in [0.25, 0.3) is 0 Å². The predicted octanol–water partition coefficient (Wildman–Crippen LogP) is 3.83. The summed E-state index contributed by atoms with van der Waals surface area (Å²) in [5.74, 6) is -0.869. The van der Waals surface area contributed by atoms with Gasteiger partial charge in [0.15, 0.2) is 0 Å². The second-order valence-corrected chi connectivity index (χ2v) is 5.25. The minimum absolute atomic E-state index is 0.108. The maximum absolute atomic E-state index is 14.1. The van der Waals surface area contributed by atoms with Crippen molar-refractivity contribution in [1.82, 2.24) is 5.32 Å². The van der Waals surface area contributed by atoms with Gasteiger partial charge in [-0.25, -0.2) is 8.78 Å². The lowest BCUT2D eigenvalue weighted by atomic mass is 9.77. The first-order chi connectivity index (χ1) is 9.77. The van der Waals surface area contributed by atoms with Gasteiger partial charge in [0.1, 0.15) is 11.6 Å². The van der Waals surface area contributed by atoms with Crippen LogP contribution < -0.4 is 5.32 Å². The van der Waals surface area contributed by atoms with Crippen LogP contribution in [0.4, 0.5) is 8.78 Å². The molecule has 0 saturated carbocycles. The molecule has 104 valence electrons. The van der Waals surface area contributed by atoms with Crippen LogP contribution in [0.15, 0.2) is 48.5 Å². The van der Waals surface area contributed by atoms with Crippen LogP contribution in [0, 0.1) is 11.6 Å². The highest BCUT2D eigenvalue weighted by molar-refractivity contribution is 5.31. The molecule has 0 aromatic heterocycles. The molecule has 1 saturated heterocycles. The first kappa shape index (κ1) is 13.3. The van der Waals surface area contributed by atoms with E-state index in [-0.39, 0.29) is 17.4 Å². The van der Waals surface area contributed by atoms with Crippen molar-refractivity contribution in [2.24, 2.45) is 0 Å². The third kappa shape index (κ3) is 2.46. The highest BCUT2D eigenvalue weighted by Gasteiger charge is 2.31. The van der Waals surface area contributed by atoms with E-state index < -0.39 is 11.6 Å². The van der Waals surface area contributed by atoms with E-state index in [2.05, 4.69) is 5.32 Å². The number of hydrogen-bond donors (Lipinski definition) is 1. The maximum Gasteiger partial charge on any atom is 0.129 e. The number of nitrogens with one attached hydrogen (secondary N) is 1. The van der Waals surface area contributed by atoms with Gasteiger partial charge in [-0.2, -0.15) is 0 Å². The first-order valence-electron chi connectivity index (χ1n) is 6.97. The van der Waals surface area contributed by atoms with Crippen LogP contribution in [0.1, 0.15) is 29.4 Å². The number of hydrogen-bond acceptors (Lipinski definition) is 1. The molecule has 1 fully saturated rings.